The lowest BCUT2D eigenvalue weighted by molar-refractivity contribution is -0.120. The highest BCUT2D eigenvalue weighted by Gasteiger charge is 2.12. The number of hydrogen-bond acceptors (Lipinski definition) is 6. The predicted molar refractivity (Wildman–Crippen MR) is 81.9 cm³/mol. The molecule has 3 aromatic rings. The van der Waals surface area contributed by atoms with Crippen molar-refractivity contribution in [3.63, 3.8) is 0 Å². The van der Waals surface area contributed by atoms with Gasteiger partial charge in [-0.3, -0.25) is 24.2 Å². The SMILES string of the molecule is Cn1ncc2c(=O)n(CC(=O)NC(=O)NCc3ccco3)cnc21. The number of hydrogen-bond donors (Lipinski definition) is 2. The van der Waals surface area contributed by atoms with Gasteiger partial charge in [0.25, 0.3) is 5.56 Å². The van der Waals surface area contributed by atoms with Gasteiger partial charge in [-0.15, -0.1) is 0 Å². The molecule has 0 spiro atoms. The summed E-state index contributed by atoms with van der Waals surface area (Å²) in [4.78, 5) is 39.8. The van der Waals surface area contributed by atoms with E-state index >= 15 is 0 Å². The fourth-order valence-corrected chi connectivity index (χ4v) is 2.12. The van der Waals surface area contributed by atoms with E-state index in [0.29, 0.717) is 16.8 Å². The normalized spacial score (nSPS) is 10.7. The van der Waals surface area contributed by atoms with Crippen LogP contribution in [0, 0.1) is 0 Å². The van der Waals surface area contributed by atoms with E-state index in [1.165, 1.54) is 23.5 Å². The molecule has 0 aliphatic rings. The molecule has 0 fully saturated rings. The summed E-state index contributed by atoms with van der Waals surface area (Å²) >= 11 is 0. The van der Waals surface area contributed by atoms with Crippen molar-refractivity contribution in [2.75, 3.05) is 0 Å². The number of carbonyl (C=O) groups is 2. The first-order valence-electron chi connectivity index (χ1n) is 7.02. The van der Waals surface area contributed by atoms with Crippen molar-refractivity contribution < 1.29 is 14.0 Å². The Morgan fingerprint density at radius 2 is 2.21 bits per heavy atom. The van der Waals surface area contributed by atoms with Crippen LogP contribution in [0.15, 0.2) is 40.1 Å². The molecule has 0 atom stereocenters. The maximum absolute atomic E-state index is 12.2. The van der Waals surface area contributed by atoms with Gasteiger partial charge in [0.1, 0.15) is 24.0 Å². The Hall–Kier alpha value is -3.43. The summed E-state index contributed by atoms with van der Waals surface area (Å²) in [6.07, 6.45) is 4.11. The monoisotopic (exact) mass is 330 g/mol. The van der Waals surface area contributed by atoms with Crippen LogP contribution >= 0.6 is 0 Å². The van der Waals surface area contributed by atoms with Gasteiger partial charge in [0.15, 0.2) is 5.65 Å². The Morgan fingerprint density at radius 3 is 2.96 bits per heavy atom. The zero-order valence-corrected chi connectivity index (χ0v) is 12.7. The summed E-state index contributed by atoms with van der Waals surface area (Å²) < 4.78 is 7.63. The third-order valence-corrected chi connectivity index (χ3v) is 3.29. The van der Waals surface area contributed by atoms with Crippen LogP contribution in [0.4, 0.5) is 4.79 Å². The third kappa shape index (κ3) is 3.16. The number of carbonyl (C=O) groups excluding carboxylic acids is 2. The number of nitrogens with zero attached hydrogens (tertiary/aromatic N) is 4. The molecule has 24 heavy (non-hydrogen) atoms. The van der Waals surface area contributed by atoms with Crippen LogP contribution in [0.1, 0.15) is 5.76 Å². The third-order valence-electron chi connectivity index (χ3n) is 3.29. The summed E-state index contributed by atoms with van der Waals surface area (Å²) in [6.45, 7) is -0.180. The highest BCUT2D eigenvalue weighted by molar-refractivity contribution is 5.94. The number of furan rings is 1. The average Bonchev–Trinajstić information content (AvgIpc) is 3.18. The minimum atomic E-state index is -0.681. The smallest absolute Gasteiger partial charge is 0.321 e. The topological polar surface area (TPSA) is 124 Å². The van der Waals surface area contributed by atoms with Crippen molar-refractivity contribution in [1.82, 2.24) is 30.0 Å². The molecule has 0 aliphatic heterocycles. The lowest BCUT2D eigenvalue weighted by atomic mass is 10.4. The van der Waals surface area contributed by atoms with E-state index in [1.807, 2.05) is 0 Å². The largest absolute Gasteiger partial charge is 0.467 e. The van der Waals surface area contributed by atoms with E-state index in [2.05, 4.69) is 20.7 Å². The molecule has 0 bridgehead atoms. The van der Waals surface area contributed by atoms with Crippen molar-refractivity contribution in [3.05, 3.63) is 47.0 Å². The molecule has 0 aliphatic carbocycles. The van der Waals surface area contributed by atoms with Gasteiger partial charge >= 0.3 is 6.03 Å². The van der Waals surface area contributed by atoms with E-state index in [1.54, 1.807) is 19.2 Å². The number of imide groups is 1. The fourth-order valence-electron chi connectivity index (χ4n) is 2.12. The number of amides is 3. The maximum Gasteiger partial charge on any atom is 0.321 e. The molecule has 10 nitrogen and oxygen atoms in total. The summed E-state index contributed by atoms with van der Waals surface area (Å²) in [6, 6.07) is 2.70. The lowest BCUT2D eigenvalue weighted by Gasteiger charge is -2.07. The van der Waals surface area contributed by atoms with Gasteiger partial charge in [-0.05, 0) is 12.1 Å². The molecule has 3 amide bonds. The summed E-state index contributed by atoms with van der Waals surface area (Å²) in [5, 5.41) is 8.84. The van der Waals surface area contributed by atoms with Crippen molar-refractivity contribution in [2.45, 2.75) is 13.1 Å². The number of urea groups is 1. The first-order chi connectivity index (χ1) is 11.5. The molecule has 3 rings (SSSR count). The van der Waals surface area contributed by atoms with Crippen molar-refractivity contribution in [2.24, 2.45) is 7.05 Å². The molecular formula is C14H14N6O4. The Morgan fingerprint density at radius 1 is 1.38 bits per heavy atom. The zero-order valence-electron chi connectivity index (χ0n) is 12.7. The van der Waals surface area contributed by atoms with Crippen molar-refractivity contribution >= 4 is 23.0 Å². The van der Waals surface area contributed by atoms with Crippen molar-refractivity contribution in [3.8, 4) is 0 Å². The van der Waals surface area contributed by atoms with Gasteiger partial charge in [-0.1, -0.05) is 0 Å². The molecule has 0 saturated heterocycles. The Balaban J connectivity index is 1.61. The summed E-state index contributed by atoms with van der Waals surface area (Å²) in [5.74, 6) is -0.0841. The second-order valence-electron chi connectivity index (χ2n) is 4.99. The van der Waals surface area contributed by atoms with Gasteiger partial charge < -0.3 is 9.73 Å². The van der Waals surface area contributed by atoms with E-state index < -0.39 is 17.5 Å². The van der Waals surface area contributed by atoms with Crippen molar-refractivity contribution in [1.29, 1.82) is 0 Å². The number of aryl methyl sites for hydroxylation is 1. The number of nitrogens with one attached hydrogen (secondary N) is 2. The fraction of sp³-hybridized carbons (Fsp3) is 0.214. The van der Waals surface area contributed by atoms with E-state index in [9.17, 15) is 14.4 Å². The van der Waals surface area contributed by atoms with Crippen LogP contribution in [-0.4, -0.2) is 31.3 Å². The number of aromatic nitrogens is 4. The standard InChI is InChI=1S/C14H14N6O4/c1-19-12-10(6-17-19)13(22)20(8-16-12)7-11(21)18-14(23)15-5-9-3-2-4-24-9/h2-4,6,8H,5,7H2,1H3,(H2,15,18,21,23). The maximum atomic E-state index is 12.2. The zero-order chi connectivity index (χ0) is 17.1. The van der Waals surface area contributed by atoms with E-state index in [0.717, 1.165) is 4.57 Å². The molecule has 0 saturated carbocycles. The quantitative estimate of drug-likeness (QED) is 0.680. The first-order valence-corrected chi connectivity index (χ1v) is 7.02. The van der Waals surface area contributed by atoms with Gasteiger partial charge in [0.2, 0.25) is 5.91 Å². The molecule has 2 N–H and O–H groups in total. The summed E-state index contributed by atoms with van der Waals surface area (Å²) in [7, 11) is 1.66. The average molecular weight is 330 g/mol. The molecule has 0 aromatic carbocycles. The van der Waals surface area contributed by atoms with Gasteiger partial charge in [-0.2, -0.15) is 5.10 Å². The van der Waals surface area contributed by atoms with E-state index in [-0.39, 0.29) is 13.1 Å². The predicted octanol–water partition coefficient (Wildman–Crippen LogP) is -0.251. The number of fused-ring (bicyclic) bond motifs is 1. The molecular weight excluding hydrogens is 316 g/mol. The van der Waals surface area contributed by atoms with Crippen LogP contribution in [0.3, 0.4) is 0 Å². The van der Waals surface area contributed by atoms with Gasteiger partial charge in [0, 0.05) is 7.05 Å². The molecule has 3 heterocycles. The van der Waals surface area contributed by atoms with Crippen LogP contribution in [-0.2, 0) is 24.9 Å². The second-order valence-corrected chi connectivity index (χ2v) is 4.99. The van der Waals surface area contributed by atoms with E-state index in [4.69, 9.17) is 4.42 Å². The molecule has 0 unspecified atom stereocenters. The highest BCUT2D eigenvalue weighted by Crippen LogP contribution is 2.02. The molecule has 0 radical (unpaired) electrons. The first kappa shape index (κ1) is 15.5. The van der Waals surface area contributed by atoms with Gasteiger partial charge in [0.05, 0.1) is 19.0 Å². The number of rotatable bonds is 4. The minimum Gasteiger partial charge on any atom is -0.467 e. The minimum absolute atomic E-state index is 0.148. The molecule has 124 valence electrons. The van der Waals surface area contributed by atoms with Crippen LogP contribution in [0.25, 0.3) is 11.0 Å². The Labute approximate surface area is 135 Å². The Kier molecular flexibility index (Phi) is 4.10. The van der Waals surface area contributed by atoms with Crippen LogP contribution in [0.2, 0.25) is 0 Å². The Bertz CT molecular complexity index is 940. The summed E-state index contributed by atoms with van der Waals surface area (Å²) in [5.41, 5.74) is 0.0205. The highest BCUT2D eigenvalue weighted by atomic mass is 16.3. The molecule has 3 aromatic heterocycles. The van der Waals surface area contributed by atoms with Crippen LogP contribution in [0.5, 0.6) is 0 Å². The molecule has 10 heteroatoms. The second kappa shape index (κ2) is 6.36. The van der Waals surface area contributed by atoms with Gasteiger partial charge in [-0.25, -0.2) is 9.78 Å². The lowest BCUT2D eigenvalue weighted by Crippen LogP contribution is -2.41. The van der Waals surface area contributed by atoms with Crippen LogP contribution < -0.4 is 16.2 Å².